The van der Waals surface area contributed by atoms with Crippen LogP contribution in [0.3, 0.4) is 0 Å². The van der Waals surface area contributed by atoms with Gasteiger partial charge in [0.15, 0.2) is 11.5 Å². The molecule has 2 aromatic rings. The predicted molar refractivity (Wildman–Crippen MR) is 84.7 cm³/mol. The first-order valence-electron chi connectivity index (χ1n) is 8.19. The van der Waals surface area contributed by atoms with Crippen molar-refractivity contribution in [2.24, 2.45) is 0 Å². The average molecular weight is 369 g/mol. The third kappa shape index (κ3) is 3.85. The second-order valence-corrected chi connectivity index (χ2v) is 6.24. The zero-order chi connectivity index (χ0) is 18.8. The number of ether oxygens (including phenoxy) is 1. The average Bonchev–Trinajstić information content (AvgIpc) is 3.24. The molecule has 1 amide bonds. The predicted octanol–water partition coefficient (Wildman–Crippen LogP) is 2.37. The fourth-order valence-electron chi connectivity index (χ4n) is 2.92. The van der Waals surface area contributed by atoms with Crippen LogP contribution < -0.4 is 5.32 Å². The minimum absolute atomic E-state index is 0.0640. The lowest BCUT2D eigenvalue weighted by atomic mass is 9.92. The molecule has 0 aliphatic carbocycles. The van der Waals surface area contributed by atoms with E-state index < -0.39 is 23.2 Å². The van der Waals surface area contributed by atoms with Gasteiger partial charge in [0.2, 0.25) is 0 Å². The van der Waals surface area contributed by atoms with Crippen molar-refractivity contribution >= 4 is 5.91 Å². The van der Waals surface area contributed by atoms with E-state index in [0.29, 0.717) is 19.4 Å². The van der Waals surface area contributed by atoms with Crippen LogP contribution in [0.25, 0.3) is 5.82 Å². The SMILES string of the molecule is CCCC1(NC(=O)c2cn(-c3ccc(C(F)(F)F)cn3)nn2)CCOC1. The summed E-state index contributed by atoms with van der Waals surface area (Å²) in [7, 11) is 0. The van der Waals surface area contributed by atoms with Crippen molar-refractivity contribution in [3.05, 3.63) is 35.8 Å². The third-order valence-electron chi connectivity index (χ3n) is 4.25. The number of hydrogen-bond acceptors (Lipinski definition) is 5. The first kappa shape index (κ1) is 18.3. The Hall–Kier alpha value is -2.49. The maximum atomic E-state index is 12.6. The van der Waals surface area contributed by atoms with E-state index >= 15 is 0 Å². The molecule has 1 unspecified atom stereocenters. The third-order valence-corrected chi connectivity index (χ3v) is 4.25. The van der Waals surface area contributed by atoms with Crippen LogP contribution in [0.1, 0.15) is 42.2 Å². The summed E-state index contributed by atoms with van der Waals surface area (Å²) in [5, 5.41) is 10.5. The van der Waals surface area contributed by atoms with Gasteiger partial charge in [-0.25, -0.2) is 9.67 Å². The van der Waals surface area contributed by atoms with Crippen molar-refractivity contribution in [2.45, 2.75) is 37.9 Å². The van der Waals surface area contributed by atoms with Gasteiger partial charge in [-0.1, -0.05) is 18.6 Å². The molecule has 0 aromatic carbocycles. The molecular formula is C16H18F3N5O2. The van der Waals surface area contributed by atoms with Crippen LogP contribution in [0.2, 0.25) is 0 Å². The summed E-state index contributed by atoms with van der Waals surface area (Å²) in [6.07, 6.45) is -0.0144. The van der Waals surface area contributed by atoms with E-state index in [4.69, 9.17) is 4.74 Å². The number of pyridine rings is 1. The molecule has 3 heterocycles. The normalized spacial score (nSPS) is 20.3. The molecule has 1 N–H and O–H groups in total. The second-order valence-electron chi connectivity index (χ2n) is 6.24. The highest BCUT2D eigenvalue weighted by molar-refractivity contribution is 5.92. The molecule has 1 aliphatic rings. The lowest BCUT2D eigenvalue weighted by Gasteiger charge is -2.27. The number of halogens is 3. The second kappa shape index (κ2) is 7.02. The number of nitrogens with zero attached hydrogens (tertiary/aromatic N) is 4. The van der Waals surface area contributed by atoms with E-state index in [-0.39, 0.29) is 11.5 Å². The van der Waals surface area contributed by atoms with Gasteiger partial charge in [0, 0.05) is 12.8 Å². The van der Waals surface area contributed by atoms with Crippen LogP contribution >= 0.6 is 0 Å². The van der Waals surface area contributed by atoms with Crippen molar-refractivity contribution in [1.82, 2.24) is 25.3 Å². The number of carbonyl (C=O) groups is 1. The summed E-state index contributed by atoms with van der Waals surface area (Å²) in [5.41, 5.74) is -1.21. The number of rotatable bonds is 5. The zero-order valence-corrected chi connectivity index (χ0v) is 14.1. The summed E-state index contributed by atoms with van der Waals surface area (Å²) >= 11 is 0. The van der Waals surface area contributed by atoms with E-state index in [2.05, 4.69) is 20.6 Å². The standard InChI is InChI=1S/C16H18F3N5O2/c1-2-5-15(6-7-26-10-15)21-14(25)12-9-24(23-22-12)13-4-3-11(8-20-13)16(17,18)19/h3-4,8-9H,2,5-7,10H2,1H3,(H,21,25). The van der Waals surface area contributed by atoms with Gasteiger partial charge >= 0.3 is 6.18 Å². The molecule has 0 bridgehead atoms. The number of aromatic nitrogens is 4. The van der Waals surface area contributed by atoms with Crippen LogP contribution in [-0.2, 0) is 10.9 Å². The van der Waals surface area contributed by atoms with Crippen molar-refractivity contribution in [3.63, 3.8) is 0 Å². The number of hydrogen-bond donors (Lipinski definition) is 1. The Morgan fingerprint density at radius 2 is 2.23 bits per heavy atom. The smallest absolute Gasteiger partial charge is 0.379 e. The Bertz CT molecular complexity index is 767. The Balaban J connectivity index is 1.74. The molecule has 0 radical (unpaired) electrons. The van der Waals surface area contributed by atoms with Crippen LogP contribution in [0.15, 0.2) is 24.5 Å². The quantitative estimate of drug-likeness (QED) is 0.875. The maximum absolute atomic E-state index is 12.6. The van der Waals surface area contributed by atoms with Crippen LogP contribution in [0.5, 0.6) is 0 Å². The van der Waals surface area contributed by atoms with Crippen LogP contribution in [0, 0.1) is 0 Å². The minimum Gasteiger partial charge on any atom is -0.379 e. The number of carbonyl (C=O) groups excluding carboxylic acids is 1. The molecule has 1 saturated heterocycles. The molecule has 0 saturated carbocycles. The summed E-state index contributed by atoms with van der Waals surface area (Å²) in [6, 6.07) is 2.07. The Morgan fingerprint density at radius 1 is 1.42 bits per heavy atom. The number of alkyl halides is 3. The van der Waals surface area contributed by atoms with Gasteiger partial charge in [0.1, 0.15) is 0 Å². The van der Waals surface area contributed by atoms with Crippen molar-refractivity contribution in [3.8, 4) is 5.82 Å². The molecule has 26 heavy (non-hydrogen) atoms. The molecular weight excluding hydrogens is 351 g/mol. The lowest BCUT2D eigenvalue weighted by Crippen LogP contribution is -2.49. The van der Waals surface area contributed by atoms with Gasteiger partial charge < -0.3 is 10.1 Å². The molecule has 2 aromatic heterocycles. The fraction of sp³-hybridized carbons (Fsp3) is 0.500. The van der Waals surface area contributed by atoms with Gasteiger partial charge in [-0.15, -0.1) is 5.10 Å². The van der Waals surface area contributed by atoms with Gasteiger partial charge in [0.25, 0.3) is 5.91 Å². The van der Waals surface area contributed by atoms with Crippen molar-refractivity contribution in [1.29, 1.82) is 0 Å². The van der Waals surface area contributed by atoms with Gasteiger partial charge in [-0.05, 0) is 25.0 Å². The molecule has 1 aliphatic heterocycles. The Morgan fingerprint density at radius 3 is 2.81 bits per heavy atom. The summed E-state index contributed by atoms with van der Waals surface area (Å²) in [6.45, 7) is 3.06. The summed E-state index contributed by atoms with van der Waals surface area (Å²) in [5.74, 6) is -0.265. The largest absolute Gasteiger partial charge is 0.417 e. The van der Waals surface area contributed by atoms with E-state index in [1.54, 1.807) is 0 Å². The van der Waals surface area contributed by atoms with E-state index in [0.717, 1.165) is 30.0 Å². The molecule has 1 atom stereocenters. The summed E-state index contributed by atoms with van der Waals surface area (Å²) in [4.78, 5) is 16.2. The highest BCUT2D eigenvalue weighted by atomic mass is 19.4. The van der Waals surface area contributed by atoms with Crippen molar-refractivity contribution < 1.29 is 22.7 Å². The highest BCUT2D eigenvalue weighted by Crippen LogP contribution is 2.28. The Labute approximate surface area is 147 Å². The molecule has 10 heteroatoms. The molecule has 3 rings (SSSR count). The van der Waals surface area contributed by atoms with Gasteiger partial charge in [-0.2, -0.15) is 13.2 Å². The first-order valence-corrected chi connectivity index (χ1v) is 8.19. The molecule has 1 fully saturated rings. The fourth-order valence-corrected chi connectivity index (χ4v) is 2.92. The van der Waals surface area contributed by atoms with Gasteiger partial charge in [0.05, 0.1) is 23.9 Å². The van der Waals surface area contributed by atoms with Crippen LogP contribution in [-0.4, -0.2) is 44.6 Å². The van der Waals surface area contributed by atoms with E-state index in [1.165, 1.54) is 12.3 Å². The monoisotopic (exact) mass is 369 g/mol. The van der Waals surface area contributed by atoms with Gasteiger partial charge in [-0.3, -0.25) is 4.79 Å². The molecule has 7 nitrogen and oxygen atoms in total. The topological polar surface area (TPSA) is 81.9 Å². The lowest BCUT2D eigenvalue weighted by molar-refractivity contribution is -0.137. The first-order chi connectivity index (χ1) is 12.3. The number of nitrogens with one attached hydrogen (secondary N) is 1. The highest BCUT2D eigenvalue weighted by Gasteiger charge is 2.36. The molecule has 0 spiro atoms. The number of amides is 1. The summed E-state index contributed by atoms with van der Waals surface area (Å²) < 4.78 is 44.3. The van der Waals surface area contributed by atoms with Crippen molar-refractivity contribution in [2.75, 3.05) is 13.2 Å². The van der Waals surface area contributed by atoms with E-state index in [9.17, 15) is 18.0 Å². The zero-order valence-electron chi connectivity index (χ0n) is 14.1. The minimum atomic E-state index is -4.46. The van der Waals surface area contributed by atoms with Crippen LogP contribution in [0.4, 0.5) is 13.2 Å². The Kier molecular flexibility index (Phi) is 4.94. The van der Waals surface area contributed by atoms with E-state index in [1.807, 2.05) is 6.92 Å². The maximum Gasteiger partial charge on any atom is 0.417 e. The molecule has 140 valence electrons.